The van der Waals surface area contributed by atoms with E-state index in [2.05, 4.69) is 20.7 Å². The maximum absolute atomic E-state index is 13.5. The highest BCUT2D eigenvalue weighted by atomic mass is 79.9. The molecule has 0 spiro atoms. The summed E-state index contributed by atoms with van der Waals surface area (Å²) in [5.41, 5.74) is 0.326. The van der Waals surface area contributed by atoms with E-state index in [0.29, 0.717) is 18.7 Å². The Kier molecular flexibility index (Phi) is 4.37. The van der Waals surface area contributed by atoms with Gasteiger partial charge in [-0.05, 0) is 31.0 Å². The third kappa shape index (κ3) is 3.28. The van der Waals surface area contributed by atoms with Crippen LogP contribution in [0.1, 0.15) is 18.4 Å². The van der Waals surface area contributed by atoms with E-state index < -0.39 is 16.0 Å². The van der Waals surface area contributed by atoms with Gasteiger partial charge in [0.05, 0.1) is 0 Å². The summed E-state index contributed by atoms with van der Waals surface area (Å²) >= 11 is 3.23. The average Bonchev–Trinajstić information content (AvgIpc) is 2.85. The van der Waals surface area contributed by atoms with Gasteiger partial charge in [0.2, 0.25) is 0 Å². The molecular formula is C11H14BrFN2O2S. The van der Waals surface area contributed by atoms with E-state index in [9.17, 15) is 12.8 Å². The lowest BCUT2D eigenvalue weighted by Crippen LogP contribution is -2.38. The first-order valence-electron chi connectivity index (χ1n) is 5.68. The molecule has 7 heteroatoms. The molecule has 0 aromatic heterocycles. The highest BCUT2D eigenvalue weighted by Crippen LogP contribution is 2.16. The fraction of sp³-hybridized carbons (Fsp3) is 0.455. The van der Waals surface area contributed by atoms with Crippen molar-refractivity contribution in [3.05, 3.63) is 34.1 Å². The van der Waals surface area contributed by atoms with Crippen molar-refractivity contribution < 1.29 is 12.8 Å². The van der Waals surface area contributed by atoms with Crippen LogP contribution in [-0.2, 0) is 16.8 Å². The lowest BCUT2D eigenvalue weighted by Gasteiger charge is -2.16. The van der Waals surface area contributed by atoms with Gasteiger partial charge in [-0.3, -0.25) is 0 Å². The Hall–Kier alpha value is -0.500. The fourth-order valence-corrected chi connectivity index (χ4v) is 3.54. The molecule has 4 nitrogen and oxygen atoms in total. The summed E-state index contributed by atoms with van der Waals surface area (Å²) in [4.78, 5) is 0. The monoisotopic (exact) mass is 336 g/mol. The number of halogens is 2. The van der Waals surface area contributed by atoms with Crippen LogP contribution >= 0.6 is 15.9 Å². The van der Waals surface area contributed by atoms with Crippen LogP contribution in [0, 0.1) is 5.82 Å². The van der Waals surface area contributed by atoms with Crippen molar-refractivity contribution in [2.75, 3.05) is 13.1 Å². The van der Waals surface area contributed by atoms with E-state index in [1.165, 1.54) is 10.4 Å². The van der Waals surface area contributed by atoms with Crippen molar-refractivity contribution in [3.8, 4) is 0 Å². The topological polar surface area (TPSA) is 49.4 Å². The zero-order valence-corrected chi connectivity index (χ0v) is 12.1. The number of benzene rings is 1. The Morgan fingerprint density at radius 3 is 2.67 bits per heavy atom. The second-order valence-electron chi connectivity index (χ2n) is 4.17. The third-order valence-corrected chi connectivity index (χ3v) is 4.91. The van der Waals surface area contributed by atoms with Crippen molar-refractivity contribution >= 4 is 26.1 Å². The molecule has 1 N–H and O–H groups in total. The largest absolute Gasteiger partial charge is 0.279 e. The summed E-state index contributed by atoms with van der Waals surface area (Å²) in [7, 11) is -3.49. The highest BCUT2D eigenvalue weighted by molar-refractivity contribution is 9.10. The first kappa shape index (κ1) is 13.9. The maximum atomic E-state index is 13.5. The predicted octanol–water partition coefficient (Wildman–Crippen LogP) is 2.02. The summed E-state index contributed by atoms with van der Waals surface area (Å²) < 4.78 is 41.8. The summed E-state index contributed by atoms with van der Waals surface area (Å²) in [6, 6.07) is 4.46. The smallest absolute Gasteiger partial charge is 0.207 e. The van der Waals surface area contributed by atoms with Crippen LogP contribution in [0.5, 0.6) is 0 Å². The summed E-state index contributed by atoms with van der Waals surface area (Å²) in [5.74, 6) is -0.415. The minimum Gasteiger partial charge on any atom is -0.207 e. The van der Waals surface area contributed by atoms with Crippen LogP contribution in [0.25, 0.3) is 0 Å². The van der Waals surface area contributed by atoms with E-state index in [1.54, 1.807) is 12.1 Å². The molecule has 1 fully saturated rings. The van der Waals surface area contributed by atoms with Gasteiger partial charge in [-0.1, -0.05) is 15.9 Å². The van der Waals surface area contributed by atoms with Crippen LogP contribution in [-0.4, -0.2) is 25.8 Å². The first-order valence-corrected chi connectivity index (χ1v) is 7.91. The van der Waals surface area contributed by atoms with Gasteiger partial charge >= 0.3 is 0 Å². The van der Waals surface area contributed by atoms with Crippen LogP contribution in [0.4, 0.5) is 4.39 Å². The molecule has 0 amide bonds. The predicted molar refractivity (Wildman–Crippen MR) is 70.7 cm³/mol. The Labute approximate surface area is 114 Å². The molecule has 1 aliphatic heterocycles. The van der Waals surface area contributed by atoms with E-state index in [0.717, 1.165) is 17.3 Å². The first-order chi connectivity index (χ1) is 8.49. The second kappa shape index (κ2) is 5.64. The number of rotatable bonds is 4. The van der Waals surface area contributed by atoms with Crippen LogP contribution in [0.2, 0.25) is 0 Å². The second-order valence-corrected chi connectivity index (χ2v) is 6.84. The van der Waals surface area contributed by atoms with Gasteiger partial charge in [0.25, 0.3) is 10.2 Å². The van der Waals surface area contributed by atoms with Gasteiger partial charge < -0.3 is 0 Å². The number of nitrogens with one attached hydrogen (secondary N) is 1. The summed E-state index contributed by atoms with van der Waals surface area (Å²) in [6.45, 7) is 1.04. The molecule has 1 aliphatic rings. The SMILES string of the molecule is O=S(=O)(NCc1cc(Br)ccc1F)N1CCCC1. The Morgan fingerprint density at radius 2 is 2.00 bits per heavy atom. The van der Waals surface area contributed by atoms with Crippen molar-refractivity contribution in [2.24, 2.45) is 0 Å². The molecular weight excluding hydrogens is 323 g/mol. The zero-order chi connectivity index (χ0) is 13.2. The van der Waals surface area contributed by atoms with E-state index in [1.807, 2.05) is 0 Å². The van der Waals surface area contributed by atoms with Gasteiger partial charge in [-0.2, -0.15) is 17.4 Å². The van der Waals surface area contributed by atoms with Gasteiger partial charge in [0.15, 0.2) is 0 Å². The molecule has 0 aliphatic carbocycles. The van der Waals surface area contributed by atoms with Crippen molar-refractivity contribution in [3.63, 3.8) is 0 Å². The molecule has 0 saturated carbocycles. The van der Waals surface area contributed by atoms with Crippen molar-refractivity contribution in [1.82, 2.24) is 9.03 Å². The van der Waals surface area contributed by atoms with E-state index in [4.69, 9.17) is 0 Å². The fourth-order valence-electron chi connectivity index (χ4n) is 1.87. The molecule has 1 saturated heterocycles. The van der Waals surface area contributed by atoms with Gasteiger partial charge in [0, 0.05) is 29.7 Å². The number of nitrogens with zero attached hydrogens (tertiary/aromatic N) is 1. The van der Waals surface area contributed by atoms with Gasteiger partial charge in [0.1, 0.15) is 5.82 Å². The minimum atomic E-state index is -3.49. The average molecular weight is 337 g/mol. The quantitative estimate of drug-likeness (QED) is 0.914. The minimum absolute atomic E-state index is 0.0376. The van der Waals surface area contributed by atoms with Crippen molar-refractivity contribution in [2.45, 2.75) is 19.4 Å². The molecule has 100 valence electrons. The highest BCUT2D eigenvalue weighted by Gasteiger charge is 2.24. The Morgan fingerprint density at radius 1 is 1.33 bits per heavy atom. The van der Waals surface area contributed by atoms with E-state index in [-0.39, 0.29) is 6.54 Å². The van der Waals surface area contributed by atoms with Crippen LogP contribution in [0.3, 0.4) is 0 Å². The summed E-state index contributed by atoms with van der Waals surface area (Å²) in [5, 5.41) is 0. The molecule has 2 rings (SSSR count). The maximum Gasteiger partial charge on any atom is 0.279 e. The Balaban J connectivity index is 2.04. The lowest BCUT2D eigenvalue weighted by atomic mass is 10.2. The van der Waals surface area contributed by atoms with Gasteiger partial charge in [-0.25, -0.2) is 4.39 Å². The molecule has 1 heterocycles. The molecule has 0 atom stereocenters. The van der Waals surface area contributed by atoms with Crippen LogP contribution in [0.15, 0.2) is 22.7 Å². The third-order valence-electron chi connectivity index (χ3n) is 2.86. The molecule has 18 heavy (non-hydrogen) atoms. The lowest BCUT2D eigenvalue weighted by molar-refractivity contribution is 0.463. The van der Waals surface area contributed by atoms with Gasteiger partial charge in [-0.15, -0.1) is 0 Å². The molecule has 0 bridgehead atoms. The molecule has 0 unspecified atom stereocenters. The summed E-state index contributed by atoms with van der Waals surface area (Å²) in [6.07, 6.45) is 1.76. The van der Waals surface area contributed by atoms with Crippen molar-refractivity contribution in [1.29, 1.82) is 0 Å². The molecule has 0 radical (unpaired) electrons. The normalized spacial score (nSPS) is 17.2. The zero-order valence-electron chi connectivity index (χ0n) is 9.70. The van der Waals surface area contributed by atoms with E-state index >= 15 is 0 Å². The standard InChI is InChI=1S/C11H14BrFN2O2S/c12-10-3-4-11(13)9(7-10)8-14-18(16,17)15-5-1-2-6-15/h3-4,7,14H,1-2,5-6,8H2. The Bertz CT molecular complexity index is 530. The van der Waals surface area contributed by atoms with Crippen LogP contribution < -0.4 is 4.72 Å². The number of hydrogen-bond acceptors (Lipinski definition) is 2. The molecule has 1 aromatic carbocycles. The number of hydrogen-bond donors (Lipinski definition) is 1. The molecule has 1 aromatic rings.